The summed E-state index contributed by atoms with van der Waals surface area (Å²) in [7, 11) is 0. The van der Waals surface area contributed by atoms with Crippen LogP contribution in [-0.2, 0) is 19.9 Å². The number of carbonyl (C=O) groups excluding carboxylic acids is 3. The third-order valence-corrected chi connectivity index (χ3v) is 7.76. The number of amides is 3. The summed E-state index contributed by atoms with van der Waals surface area (Å²) in [5.74, 6) is -1.85. The summed E-state index contributed by atoms with van der Waals surface area (Å²) in [6.07, 6.45) is 1.72. The molecule has 6 rings (SSSR count). The standard InChI is InChI=1S/C24H22ClN3O3/c1-2-26-17-10-4-3-9-16(17)24(23(26)31)20-19(18-11-6-12-27(18)24)21(29)28(22(20)30)15-8-5-7-14(25)13-15/h3-5,7-10,13,18-20H,2,6,11-12H2,1H3/t18-,19+,20-,24+/m0/s1. The number of nitrogens with zero attached hydrogens (tertiary/aromatic N) is 3. The zero-order chi connectivity index (χ0) is 21.5. The molecule has 2 aromatic carbocycles. The lowest BCUT2D eigenvalue weighted by molar-refractivity contribution is -0.137. The number of fused-ring (bicyclic) bond motifs is 7. The molecule has 0 N–H and O–H groups in total. The zero-order valence-electron chi connectivity index (χ0n) is 17.1. The van der Waals surface area contributed by atoms with Crippen molar-refractivity contribution >= 4 is 40.7 Å². The van der Waals surface area contributed by atoms with Gasteiger partial charge in [-0.1, -0.05) is 35.9 Å². The van der Waals surface area contributed by atoms with Gasteiger partial charge in [-0.05, 0) is 50.6 Å². The number of likely N-dealkylation sites (N-methyl/N-ethyl adjacent to an activating group) is 1. The fourth-order valence-corrected chi connectivity index (χ4v) is 6.71. The number of halogens is 1. The van der Waals surface area contributed by atoms with Gasteiger partial charge in [-0.3, -0.25) is 19.3 Å². The molecule has 3 fully saturated rings. The van der Waals surface area contributed by atoms with E-state index in [0.29, 0.717) is 23.8 Å². The molecule has 0 aliphatic carbocycles. The summed E-state index contributed by atoms with van der Waals surface area (Å²) < 4.78 is 0. The summed E-state index contributed by atoms with van der Waals surface area (Å²) in [6.45, 7) is 3.18. The van der Waals surface area contributed by atoms with Crippen LogP contribution < -0.4 is 9.80 Å². The third-order valence-electron chi connectivity index (χ3n) is 7.53. The van der Waals surface area contributed by atoms with Crippen molar-refractivity contribution in [1.82, 2.24) is 4.90 Å². The van der Waals surface area contributed by atoms with Crippen molar-refractivity contribution in [2.24, 2.45) is 11.8 Å². The van der Waals surface area contributed by atoms with Crippen molar-refractivity contribution in [3.63, 3.8) is 0 Å². The van der Waals surface area contributed by atoms with E-state index in [1.807, 2.05) is 31.2 Å². The van der Waals surface area contributed by atoms with Crippen LogP contribution in [0.2, 0.25) is 5.02 Å². The Labute approximate surface area is 185 Å². The maximum absolute atomic E-state index is 14.0. The Hall–Kier alpha value is -2.70. The summed E-state index contributed by atoms with van der Waals surface area (Å²) >= 11 is 6.16. The molecule has 4 atom stereocenters. The van der Waals surface area contributed by atoms with E-state index < -0.39 is 17.4 Å². The molecule has 0 unspecified atom stereocenters. The van der Waals surface area contributed by atoms with E-state index >= 15 is 0 Å². The molecule has 31 heavy (non-hydrogen) atoms. The lowest BCUT2D eigenvalue weighted by atomic mass is 9.75. The van der Waals surface area contributed by atoms with Crippen LogP contribution in [0.3, 0.4) is 0 Å². The largest absolute Gasteiger partial charge is 0.310 e. The van der Waals surface area contributed by atoms with Crippen LogP contribution in [0.15, 0.2) is 48.5 Å². The monoisotopic (exact) mass is 435 g/mol. The number of carbonyl (C=O) groups is 3. The Morgan fingerprint density at radius 2 is 1.87 bits per heavy atom. The van der Waals surface area contributed by atoms with E-state index in [-0.39, 0.29) is 23.8 Å². The first kappa shape index (κ1) is 19.0. The number of hydrogen-bond donors (Lipinski definition) is 0. The molecule has 158 valence electrons. The lowest BCUT2D eigenvalue weighted by Crippen LogP contribution is -2.56. The van der Waals surface area contributed by atoms with Crippen LogP contribution in [0.1, 0.15) is 25.3 Å². The fourth-order valence-electron chi connectivity index (χ4n) is 6.52. The fraction of sp³-hybridized carbons (Fsp3) is 0.375. The summed E-state index contributed by atoms with van der Waals surface area (Å²) in [4.78, 5) is 46.8. The molecule has 3 amide bonds. The highest BCUT2D eigenvalue weighted by Gasteiger charge is 2.75. The Bertz CT molecular complexity index is 1150. The van der Waals surface area contributed by atoms with Crippen molar-refractivity contribution in [2.45, 2.75) is 31.3 Å². The second kappa shape index (κ2) is 6.40. The number of benzene rings is 2. The molecule has 0 saturated carbocycles. The van der Waals surface area contributed by atoms with Gasteiger partial charge in [0.05, 0.1) is 17.5 Å². The first-order valence-corrected chi connectivity index (χ1v) is 11.2. The maximum atomic E-state index is 14.0. The third kappa shape index (κ3) is 2.14. The highest BCUT2D eigenvalue weighted by atomic mass is 35.5. The van der Waals surface area contributed by atoms with Crippen LogP contribution in [-0.4, -0.2) is 41.8 Å². The van der Waals surface area contributed by atoms with Gasteiger partial charge >= 0.3 is 0 Å². The van der Waals surface area contributed by atoms with E-state index in [0.717, 1.165) is 24.1 Å². The maximum Gasteiger partial charge on any atom is 0.253 e. The van der Waals surface area contributed by atoms with Crippen molar-refractivity contribution in [2.75, 3.05) is 22.9 Å². The Morgan fingerprint density at radius 1 is 1.06 bits per heavy atom. The number of anilines is 2. The minimum atomic E-state index is -1.11. The topological polar surface area (TPSA) is 60.9 Å². The number of hydrogen-bond acceptors (Lipinski definition) is 4. The summed E-state index contributed by atoms with van der Waals surface area (Å²) in [5, 5.41) is 0.465. The molecule has 4 heterocycles. The molecular weight excluding hydrogens is 414 g/mol. The number of imide groups is 1. The minimum Gasteiger partial charge on any atom is -0.310 e. The van der Waals surface area contributed by atoms with Crippen LogP contribution in [0.25, 0.3) is 0 Å². The number of rotatable bonds is 2. The average molecular weight is 436 g/mol. The van der Waals surface area contributed by atoms with Gasteiger partial charge in [-0.25, -0.2) is 4.90 Å². The van der Waals surface area contributed by atoms with Crippen molar-refractivity contribution < 1.29 is 14.4 Å². The van der Waals surface area contributed by atoms with Gasteiger partial charge in [-0.2, -0.15) is 0 Å². The molecule has 4 aliphatic heterocycles. The highest BCUT2D eigenvalue weighted by Crippen LogP contribution is 2.61. The van der Waals surface area contributed by atoms with Crippen molar-refractivity contribution in [3.05, 3.63) is 59.1 Å². The van der Waals surface area contributed by atoms with Crippen LogP contribution in [0, 0.1) is 11.8 Å². The average Bonchev–Trinajstić information content (AvgIpc) is 3.45. The molecule has 0 aromatic heterocycles. The van der Waals surface area contributed by atoms with Gasteiger partial charge in [0.25, 0.3) is 5.91 Å². The highest BCUT2D eigenvalue weighted by molar-refractivity contribution is 6.31. The van der Waals surface area contributed by atoms with Gasteiger partial charge in [-0.15, -0.1) is 0 Å². The van der Waals surface area contributed by atoms with E-state index in [1.54, 1.807) is 29.2 Å². The quantitative estimate of drug-likeness (QED) is 0.680. The normalized spacial score (nSPS) is 31.7. The molecule has 4 aliphatic rings. The second-order valence-corrected chi connectivity index (χ2v) is 9.17. The Morgan fingerprint density at radius 3 is 2.65 bits per heavy atom. The molecule has 3 saturated heterocycles. The van der Waals surface area contributed by atoms with Crippen LogP contribution >= 0.6 is 11.6 Å². The lowest BCUT2D eigenvalue weighted by Gasteiger charge is -2.37. The van der Waals surface area contributed by atoms with Gasteiger partial charge < -0.3 is 4.90 Å². The first-order chi connectivity index (χ1) is 15.0. The summed E-state index contributed by atoms with van der Waals surface area (Å²) in [5.41, 5.74) is 1.07. The molecular formula is C24H22ClN3O3. The molecule has 2 aromatic rings. The van der Waals surface area contributed by atoms with Gasteiger partial charge in [0, 0.05) is 28.9 Å². The Kier molecular flexibility index (Phi) is 3.93. The van der Waals surface area contributed by atoms with Crippen molar-refractivity contribution in [1.29, 1.82) is 0 Å². The zero-order valence-corrected chi connectivity index (χ0v) is 17.9. The SMILES string of the molecule is CCN1C(=O)[C@@]2(c3ccccc31)[C@@H]1C(=O)N(c3cccc(Cl)c3)C(=O)[C@@H]1[C@@H]1CCCN12. The smallest absolute Gasteiger partial charge is 0.253 e. The van der Waals surface area contributed by atoms with Crippen LogP contribution in [0.5, 0.6) is 0 Å². The van der Waals surface area contributed by atoms with Crippen molar-refractivity contribution in [3.8, 4) is 0 Å². The van der Waals surface area contributed by atoms with E-state index in [2.05, 4.69) is 4.90 Å². The number of para-hydroxylation sites is 1. The molecule has 0 bridgehead atoms. The first-order valence-electron chi connectivity index (χ1n) is 10.8. The second-order valence-electron chi connectivity index (χ2n) is 8.73. The van der Waals surface area contributed by atoms with Gasteiger partial charge in [0.1, 0.15) is 5.54 Å². The summed E-state index contributed by atoms with van der Waals surface area (Å²) in [6, 6.07) is 14.4. The van der Waals surface area contributed by atoms with E-state index in [9.17, 15) is 14.4 Å². The van der Waals surface area contributed by atoms with E-state index in [1.165, 1.54) is 4.90 Å². The molecule has 0 radical (unpaired) electrons. The predicted octanol–water partition coefficient (Wildman–Crippen LogP) is 3.19. The Balaban J connectivity index is 1.58. The molecule has 6 nitrogen and oxygen atoms in total. The molecule has 7 heteroatoms. The predicted molar refractivity (Wildman–Crippen MR) is 117 cm³/mol. The van der Waals surface area contributed by atoms with E-state index in [4.69, 9.17) is 11.6 Å². The van der Waals surface area contributed by atoms with Crippen LogP contribution in [0.4, 0.5) is 11.4 Å². The van der Waals surface area contributed by atoms with Gasteiger partial charge in [0.15, 0.2) is 0 Å². The molecule has 1 spiro atoms. The minimum absolute atomic E-state index is 0.0790. The van der Waals surface area contributed by atoms with Gasteiger partial charge in [0.2, 0.25) is 11.8 Å².